The number of benzene rings is 1. The van der Waals surface area contributed by atoms with Gasteiger partial charge in [0.1, 0.15) is 10.7 Å². The first-order chi connectivity index (χ1) is 10.8. The Kier molecular flexibility index (Phi) is 5.58. The van der Waals surface area contributed by atoms with Gasteiger partial charge in [-0.25, -0.2) is 17.6 Å². The summed E-state index contributed by atoms with van der Waals surface area (Å²) in [6.07, 6.45) is 0.316. The van der Waals surface area contributed by atoms with Gasteiger partial charge in [0.15, 0.2) is 27.6 Å². The Morgan fingerprint density at radius 2 is 1.87 bits per heavy atom. The number of aryl methyl sites for hydroxylation is 1. The summed E-state index contributed by atoms with van der Waals surface area (Å²) in [5.74, 6) is -7.25. The van der Waals surface area contributed by atoms with Crippen LogP contribution < -0.4 is 5.32 Å². The number of anilines is 1. The largest absolute Gasteiger partial charge is 0.320 e. The minimum absolute atomic E-state index is 0.0798. The van der Waals surface area contributed by atoms with Crippen molar-refractivity contribution in [2.24, 2.45) is 0 Å². The van der Waals surface area contributed by atoms with Gasteiger partial charge in [0.05, 0.1) is 5.25 Å². The maximum absolute atomic E-state index is 13.6. The zero-order chi connectivity index (χ0) is 17.1. The smallest absolute Gasteiger partial charge is 0.238 e. The van der Waals surface area contributed by atoms with Gasteiger partial charge in [0, 0.05) is 6.07 Å². The Labute approximate surface area is 137 Å². The average Bonchev–Trinajstić information content (AvgIpc) is 2.92. The zero-order valence-electron chi connectivity index (χ0n) is 12.0. The molecular formula is C13H11F4N3OS2. The highest BCUT2D eigenvalue weighted by molar-refractivity contribution is 8.02. The third-order valence-corrected chi connectivity index (χ3v) is 5.06. The molecule has 0 saturated heterocycles. The summed E-state index contributed by atoms with van der Waals surface area (Å²) in [6.45, 7) is 3.42. The van der Waals surface area contributed by atoms with E-state index in [1.54, 1.807) is 13.8 Å². The number of nitrogens with one attached hydrogen (secondary N) is 1. The minimum Gasteiger partial charge on any atom is -0.320 e. The summed E-state index contributed by atoms with van der Waals surface area (Å²) >= 11 is 2.32. The van der Waals surface area contributed by atoms with Gasteiger partial charge in [-0.15, -0.1) is 10.2 Å². The van der Waals surface area contributed by atoms with E-state index in [9.17, 15) is 22.4 Å². The number of thioether (sulfide) groups is 1. The number of nitrogens with zero attached hydrogens (tertiary/aromatic N) is 2. The van der Waals surface area contributed by atoms with Crippen molar-refractivity contribution in [1.29, 1.82) is 0 Å². The van der Waals surface area contributed by atoms with Gasteiger partial charge >= 0.3 is 0 Å². The van der Waals surface area contributed by atoms with Crippen LogP contribution in [0.15, 0.2) is 10.4 Å². The molecular weight excluding hydrogens is 354 g/mol. The first kappa shape index (κ1) is 17.7. The van der Waals surface area contributed by atoms with Gasteiger partial charge in [-0.1, -0.05) is 30.0 Å². The summed E-state index contributed by atoms with van der Waals surface area (Å²) in [5, 5.41) is 9.50. The van der Waals surface area contributed by atoms with E-state index in [1.807, 2.05) is 5.32 Å². The van der Waals surface area contributed by atoms with E-state index >= 15 is 0 Å². The van der Waals surface area contributed by atoms with E-state index in [4.69, 9.17) is 0 Å². The highest BCUT2D eigenvalue weighted by Gasteiger charge is 2.25. The van der Waals surface area contributed by atoms with Gasteiger partial charge in [0.2, 0.25) is 5.91 Å². The Morgan fingerprint density at radius 3 is 2.35 bits per heavy atom. The van der Waals surface area contributed by atoms with Crippen molar-refractivity contribution >= 4 is 34.7 Å². The maximum atomic E-state index is 13.6. The first-order valence-corrected chi connectivity index (χ1v) is 8.13. The lowest BCUT2D eigenvalue weighted by atomic mass is 10.2. The molecule has 124 valence electrons. The molecule has 0 bridgehead atoms. The number of carbonyl (C=O) groups excluding carboxylic acids is 1. The van der Waals surface area contributed by atoms with Crippen LogP contribution in [-0.2, 0) is 4.79 Å². The molecule has 1 atom stereocenters. The van der Waals surface area contributed by atoms with Crippen molar-refractivity contribution in [1.82, 2.24) is 10.2 Å². The second kappa shape index (κ2) is 7.26. The van der Waals surface area contributed by atoms with E-state index in [0.29, 0.717) is 15.8 Å². The molecule has 0 aliphatic rings. The van der Waals surface area contributed by atoms with Crippen LogP contribution >= 0.6 is 23.1 Å². The molecule has 1 aromatic heterocycles. The summed E-state index contributed by atoms with van der Waals surface area (Å²) in [4.78, 5) is 12.1. The lowest BCUT2D eigenvalue weighted by molar-refractivity contribution is -0.115. The molecule has 0 spiro atoms. The number of hydrogen-bond acceptors (Lipinski definition) is 5. The number of rotatable bonds is 5. The zero-order valence-corrected chi connectivity index (χ0v) is 13.6. The van der Waals surface area contributed by atoms with Gasteiger partial charge in [-0.3, -0.25) is 4.79 Å². The molecule has 2 rings (SSSR count). The number of aromatic nitrogens is 2. The molecule has 0 aliphatic heterocycles. The van der Waals surface area contributed by atoms with E-state index in [0.717, 1.165) is 11.8 Å². The van der Waals surface area contributed by atoms with Crippen LogP contribution in [0.5, 0.6) is 0 Å². The number of amides is 1. The minimum atomic E-state index is -1.65. The molecule has 10 heteroatoms. The fraction of sp³-hybridized carbons (Fsp3) is 0.308. The van der Waals surface area contributed by atoms with Crippen LogP contribution in [-0.4, -0.2) is 21.4 Å². The predicted octanol–water partition coefficient (Wildman–Crippen LogP) is 3.91. The van der Waals surface area contributed by atoms with Gasteiger partial charge in [-0.2, -0.15) is 0 Å². The van der Waals surface area contributed by atoms with E-state index in [-0.39, 0.29) is 6.07 Å². The number of hydrogen-bond donors (Lipinski definition) is 1. The highest BCUT2D eigenvalue weighted by Crippen LogP contribution is 2.30. The molecule has 0 radical (unpaired) electrons. The summed E-state index contributed by atoms with van der Waals surface area (Å²) in [7, 11) is 0. The SMILES string of the molecule is CCC(Sc1nnc(C)s1)C(=O)Nc1c(F)c(F)cc(F)c1F. The molecule has 1 aromatic carbocycles. The third-order valence-electron chi connectivity index (χ3n) is 2.77. The predicted molar refractivity (Wildman–Crippen MR) is 79.5 cm³/mol. The Morgan fingerprint density at radius 1 is 1.26 bits per heavy atom. The number of halogens is 4. The average molecular weight is 365 g/mol. The van der Waals surface area contributed by atoms with Gasteiger partial charge in [-0.05, 0) is 13.3 Å². The fourth-order valence-corrected chi connectivity index (χ4v) is 3.64. The van der Waals surface area contributed by atoms with Crippen LogP contribution in [0.4, 0.5) is 23.2 Å². The second-order valence-corrected chi connectivity index (χ2v) is 7.07. The molecule has 23 heavy (non-hydrogen) atoms. The van der Waals surface area contributed by atoms with Crippen molar-refractivity contribution in [3.8, 4) is 0 Å². The quantitative estimate of drug-likeness (QED) is 0.496. The first-order valence-electron chi connectivity index (χ1n) is 6.44. The monoisotopic (exact) mass is 365 g/mol. The molecule has 1 amide bonds. The normalized spacial score (nSPS) is 12.3. The van der Waals surface area contributed by atoms with Crippen molar-refractivity contribution < 1.29 is 22.4 Å². The Bertz CT molecular complexity index is 712. The summed E-state index contributed by atoms with van der Waals surface area (Å²) in [6, 6.07) is 0.0798. The van der Waals surface area contributed by atoms with Gasteiger partial charge < -0.3 is 5.32 Å². The molecule has 4 nitrogen and oxygen atoms in total. The molecule has 0 fully saturated rings. The van der Waals surface area contributed by atoms with E-state index in [2.05, 4.69) is 10.2 Å². The molecule has 2 aromatic rings. The summed E-state index contributed by atoms with van der Waals surface area (Å²) in [5.41, 5.74) is -1.14. The Balaban J connectivity index is 2.20. The van der Waals surface area contributed by atoms with E-state index < -0.39 is 40.1 Å². The van der Waals surface area contributed by atoms with Crippen molar-refractivity contribution in [3.63, 3.8) is 0 Å². The Hall–Kier alpha value is -1.68. The van der Waals surface area contributed by atoms with Crippen molar-refractivity contribution in [2.45, 2.75) is 29.9 Å². The highest BCUT2D eigenvalue weighted by atomic mass is 32.2. The van der Waals surface area contributed by atoms with Crippen molar-refractivity contribution in [2.75, 3.05) is 5.32 Å². The van der Waals surface area contributed by atoms with Crippen LogP contribution in [0, 0.1) is 30.2 Å². The van der Waals surface area contributed by atoms with Crippen LogP contribution in [0.25, 0.3) is 0 Å². The lowest BCUT2D eigenvalue weighted by Gasteiger charge is -2.14. The number of carbonyl (C=O) groups is 1. The van der Waals surface area contributed by atoms with Crippen LogP contribution in [0.3, 0.4) is 0 Å². The van der Waals surface area contributed by atoms with Gasteiger partial charge in [0.25, 0.3) is 0 Å². The topological polar surface area (TPSA) is 54.9 Å². The third kappa shape index (κ3) is 3.99. The maximum Gasteiger partial charge on any atom is 0.238 e. The molecule has 1 unspecified atom stereocenters. The second-order valence-electron chi connectivity index (χ2n) is 4.43. The van der Waals surface area contributed by atoms with Crippen molar-refractivity contribution in [3.05, 3.63) is 34.3 Å². The lowest BCUT2D eigenvalue weighted by Crippen LogP contribution is -2.26. The molecule has 1 N–H and O–H groups in total. The molecule has 0 aliphatic carbocycles. The molecule has 0 saturated carbocycles. The standard InChI is InChI=1S/C13H11F4N3OS2/c1-3-8(23-13-20-19-5(2)22-13)12(21)18-11-9(16)6(14)4-7(15)10(11)17/h4,8H,3H2,1-2H3,(H,18,21). The van der Waals surface area contributed by atoms with Crippen LogP contribution in [0.2, 0.25) is 0 Å². The van der Waals surface area contributed by atoms with E-state index in [1.165, 1.54) is 11.3 Å². The van der Waals surface area contributed by atoms with Crippen LogP contribution in [0.1, 0.15) is 18.4 Å². The fourth-order valence-electron chi connectivity index (χ4n) is 1.66. The summed E-state index contributed by atoms with van der Waals surface area (Å²) < 4.78 is 54.0. The molecule has 1 heterocycles.